The summed E-state index contributed by atoms with van der Waals surface area (Å²) in [5.41, 5.74) is 4.39. The standard InChI is InChI=1S/C7H13N2.Ni/c1-3-6-5-7(4-2)9-8-6;/h5-6,9H,3-4H2,1-2H3;/q-1;+1. The molecule has 10 heavy (non-hydrogen) atoms. The van der Waals surface area contributed by atoms with Gasteiger partial charge in [-0.15, -0.1) is 0 Å². The van der Waals surface area contributed by atoms with Gasteiger partial charge in [0.05, 0.1) is 0 Å². The van der Waals surface area contributed by atoms with E-state index in [-0.39, 0.29) is 0 Å². The molecular weight excluding hydrogens is 171 g/mol. The molecule has 2 nitrogen and oxygen atoms in total. The number of hydrogen-bond donors (Lipinski definition) is 1. The summed E-state index contributed by atoms with van der Waals surface area (Å²) in [6, 6.07) is 0.440. The Morgan fingerprint density at radius 2 is 2.40 bits per heavy atom. The van der Waals surface area contributed by atoms with Gasteiger partial charge < -0.3 is 0 Å². The fourth-order valence-electron chi connectivity index (χ4n) is 1.01. The molecule has 0 amide bonds. The van der Waals surface area contributed by atoms with Crippen molar-refractivity contribution in [3.05, 3.63) is 11.8 Å². The van der Waals surface area contributed by atoms with E-state index in [0.717, 1.165) is 12.8 Å². The van der Waals surface area contributed by atoms with Crippen LogP contribution >= 0.6 is 0 Å². The average molecular weight is 184 g/mol. The Kier molecular flexibility index (Phi) is 2.75. The summed E-state index contributed by atoms with van der Waals surface area (Å²) in [7, 11) is 0. The molecule has 0 saturated carbocycles. The Hall–Kier alpha value is -0.00649. The van der Waals surface area contributed by atoms with Gasteiger partial charge in [-0.25, -0.2) is 0 Å². The van der Waals surface area contributed by atoms with E-state index in [4.69, 9.17) is 15.7 Å². The van der Waals surface area contributed by atoms with Crippen molar-refractivity contribution in [1.29, 1.82) is 0 Å². The molecule has 0 aliphatic carbocycles. The third-order valence-corrected chi connectivity index (χ3v) is 2.14. The predicted octanol–water partition coefficient (Wildman–Crippen LogP) is 1.34. The first-order chi connectivity index (χ1) is 4.77. The van der Waals surface area contributed by atoms with Crippen molar-refractivity contribution < 1.29 is 15.7 Å². The molecule has 61 valence electrons. The van der Waals surface area contributed by atoms with Gasteiger partial charge in [-0.3, -0.25) is 0 Å². The van der Waals surface area contributed by atoms with Crippen molar-refractivity contribution in [2.45, 2.75) is 32.7 Å². The van der Waals surface area contributed by atoms with E-state index in [1.165, 1.54) is 5.70 Å². The van der Waals surface area contributed by atoms with Crippen molar-refractivity contribution in [3.63, 3.8) is 0 Å². The van der Waals surface area contributed by atoms with Crippen LogP contribution in [-0.2, 0) is 15.7 Å². The molecule has 0 aromatic carbocycles. The summed E-state index contributed by atoms with van der Waals surface area (Å²) < 4.78 is 1.79. The Morgan fingerprint density at radius 3 is 2.70 bits per heavy atom. The van der Waals surface area contributed by atoms with Gasteiger partial charge in [0.15, 0.2) is 0 Å². The predicted molar refractivity (Wildman–Crippen MR) is 37.4 cm³/mol. The van der Waals surface area contributed by atoms with E-state index in [1.807, 2.05) is 0 Å². The van der Waals surface area contributed by atoms with Crippen LogP contribution in [0.25, 0.3) is 0 Å². The molecule has 1 aliphatic heterocycles. The van der Waals surface area contributed by atoms with Gasteiger partial charge in [0.1, 0.15) is 0 Å². The topological polar surface area (TPSA) is 15.3 Å². The zero-order chi connectivity index (χ0) is 7.56. The van der Waals surface area contributed by atoms with Gasteiger partial charge >= 0.3 is 69.7 Å². The fraction of sp³-hybridized carbons (Fsp3) is 0.714. The van der Waals surface area contributed by atoms with E-state index < -0.39 is 0 Å². The van der Waals surface area contributed by atoms with Crippen LogP contribution in [0.15, 0.2) is 11.8 Å². The average Bonchev–Trinajstić information content (AvgIpc) is 2.30. The van der Waals surface area contributed by atoms with Gasteiger partial charge in [0, 0.05) is 0 Å². The number of rotatable bonds is 2. The van der Waals surface area contributed by atoms with Gasteiger partial charge in [-0.1, -0.05) is 0 Å². The summed E-state index contributed by atoms with van der Waals surface area (Å²) in [6.45, 7) is 4.28. The van der Waals surface area contributed by atoms with Crippen molar-refractivity contribution in [3.8, 4) is 0 Å². The molecule has 1 rings (SSSR count). The van der Waals surface area contributed by atoms with Crippen LogP contribution in [-0.4, -0.2) is 10.1 Å². The molecule has 0 spiro atoms. The van der Waals surface area contributed by atoms with Crippen molar-refractivity contribution in [2.24, 2.45) is 0 Å². The molecular formula is C7H13N2Ni. The van der Waals surface area contributed by atoms with Crippen LogP contribution < -0.4 is 5.43 Å². The Balaban J connectivity index is 2.52. The summed E-state index contributed by atoms with van der Waals surface area (Å²) in [5.74, 6) is 0. The summed E-state index contributed by atoms with van der Waals surface area (Å²) >= 11 is 4.74. The molecule has 0 saturated heterocycles. The fourth-order valence-corrected chi connectivity index (χ4v) is 1.40. The van der Waals surface area contributed by atoms with Crippen LogP contribution in [0.5, 0.6) is 0 Å². The zero-order valence-corrected chi connectivity index (χ0v) is 7.32. The van der Waals surface area contributed by atoms with Gasteiger partial charge in [0.25, 0.3) is 0 Å². The quantitative estimate of drug-likeness (QED) is 0.651. The first-order valence-corrected chi connectivity index (χ1v) is 4.11. The molecule has 1 N–H and O–H groups in total. The summed E-state index contributed by atoms with van der Waals surface area (Å²) in [6.07, 6.45) is 4.36. The Labute approximate surface area is 70.2 Å². The molecule has 1 atom stereocenters. The molecule has 0 aromatic heterocycles. The molecule has 1 unspecified atom stereocenters. The Morgan fingerprint density at radius 1 is 1.70 bits per heavy atom. The first-order valence-electron chi connectivity index (χ1n) is 3.67. The second kappa shape index (κ2) is 3.40. The van der Waals surface area contributed by atoms with E-state index in [0.29, 0.717) is 6.04 Å². The van der Waals surface area contributed by atoms with Crippen molar-refractivity contribution in [2.75, 3.05) is 0 Å². The van der Waals surface area contributed by atoms with Gasteiger partial charge in [0.2, 0.25) is 0 Å². The van der Waals surface area contributed by atoms with Crippen molar-refractivity contribution in [1.82, 2.24) is 9.52 Å². The SMILES string of the molecule is CCC1=CC(CC)[N]([Ni])N1. The third-order valence-electron chi connectivity index (χ3n) is 1.71. The molecule has 1 heterocycles. The maximum atomic E-state index is 4.74. The van der Waals surface area contributed by atoms with Gasteiger partial charge in [-0.2, -0.15) is 0 Å². The molecule has 0 bridgehead atoms. The first kappa shape index (κ1) is 8.09. The zero-order valence-electron chi connectivity index (χ0n) is 6.33. The number of allylic oxidation sites excluding steroid dienone is 1. The van der Waals surface area contributed by atoms with E-state index in [9.17, 15) is 0 Å². The number of nitrogens with zero attached hydrogens (tertiary/aromatic N) is 1. The van der Waals surface area contributed by atoms with Crippen LogP contribution in [0.4, 0.5) is 0 Å². The van der Waals surface area contributed by atoms with E-state index >= 15 is 0 Å². The van der Waals surface area contributed by atoms with E-state index in [2.05, 4.69) is 25.3 Å². The number of hydrazine groups is 1. The van der Waals surface area contributed by atoms with Crippen LogP contribution in [0, 0.1) is 0 Å². The minimum absolute atomic E-state index is 0.440. The number of hydrogen-bond acceptors (Lipinski definition) is 2. The van der Waals surface area contributed by atoms with Crippen molar-refractivity contribution >= 4 is 0 Å². The van der Waals surface area contributed by atoms with Crippen LogP contribution in [0.2, 0.25) is 0 Å². The van der Waals surface area contributed by atoms with Crippen LogP contribution in [0.1, 0.15) is 26.7 Å². The molecule has 1 aliphatic rings. The number of nitrogens with one attached hydrogen (secondary N) is 1. The van der Waals surface area contributed by atoms with E-state index in [1.54, 1.807) is 4.09 Å². The molecule has 0 fully saturated rings. The molecule has 3 heteroatoms. The second-order valence-corrected chi connectivity index (χ2v) is 2.89. The second-order valence-electron chi connectivity index (χ2n) is 2.41. The minimum atomic E-state index is 0.440. The molecule has 0 radical (unpaired) electrons. The summed E-state index contributed by atoms with van der Waals surface area (Å²) in [4.78, 5) is 0. The monoisotopic (exact) mass is 183 g/mol. The Bertz CT molecular complexity index is 145. The normalized spacial score (nSPS) is 26.4. The maximum absolute atomic E-state index is 4.74. The summed E-state index contributed by atoms with van der Waals surface area (Å²) in [5, 5.41) is 0. The molecule has 0 aromatic rings. The van der Waals surface area contributed by atoms with Crippen LogP contribution in [0.3, 0.4) is 0 Å². The third kappa shape index (κ3) is 1.53. The van der Waals surface area contributed by atoms with Gasteiger partial charge in [-0.05, 0) is 0 Å².